The van der Waals surface area contributed by atoms with Crippen molar-refractivity contribution in [3.8, 4) is 0 Å². The third-order valence-corrected chi connectivity index (χ3v) is 7.94. The third-order valence-electron chi connectivity index (χ3n) is 7.94. The summed E-state index contributed by atoms with van der Waals surface area (Å²) in [6.07, 6.45) is -7.58. The number of halogens is 29. The van der Waals surface area contributed by atoms with Crippen LogP contribution in [-0.2, 0) is 25.0 Å². The van der Waals surface area contributed by atoms with E-state index in [-0.39, 0.29) is 13.0 Å². The number of aryl methyl sites for hydroxylation is 1. The molecule has 8 nitrogen and oxygen atoms in total. The molecule has 1 rings (SSSR count). The molecule has 0 aromatic heterocycles. The van der Waals surface area contributed by atoms with Gasteiger partial charge in [0.05, 0.1) is 5.56 Å². The van der Waals surface area contributed by atoms with Gasteiger partial charge in [-0.3, -0.25) is 9.59 Å². The van der Waals surface area contributed by atoms with E-state index in [4.69, 9.17) is 0 Å². The van der Waals surface area contributed by atoms with Gasteiger partial charge in [-0.1, -0.05) is 0 Å². The fourth-order valence-electron chi connectivity index (χ4n) is 4.50. The number of isocyanates is 2. The van der Waals surface area contributed by atoms with E-state index in [1.807, 2.05) is 0 Å². The van der Waals surface area contributed by atoms with Crippen molar-refractivity contribution in [3.05, 3.63) is 22.8 Å². The molecule has 1 N–H and O–H groups in total. The molecule has 0 spiro atoms. The number of alkyl halides is 29. The number of rotatable bonds is 18. The van der Waals surface area contributed by atoms with Crippen molar-refractivity contribution >= 4 is 35.4 Å². The number of nitrogens with one attached hydrogen (secondary N) is 1. The lowest BCUT2D eigenvalue weighted by Gasteiger charge is -2.46. The van der Waals surface area contributed by atoms with Crippen LogP contribution in [0.3, 0.4) is 0 Å². The number of nitrogens with zero attached hydrogens (tertiary/aromatic N) is 2. The maximum absolute atomic E-state index is 15.6. The Labute approximate surface area is 329 Å². The molecule has 0 saturated carbocycles. The van der Waals surface area contributed by atoms with Crippen molar-refractivity contribution in [2.75, 3.05) is 6.73 Å². The van der Waals surface area contributed by atoms with Crippen molar-refractivity contribution in [1.82, 2.24) is 5.32 Å². The fourth-order valence-corrected chi connectivity index (χ4v) is 4.50. The summed E-state index contributed by atoms with van der Waals surface area (Å²) in [4.78, 5) is 50.2. The average molecular weight is 1010 g/mol. The Morgan fingerprint density at radius 2 is 0.812 bits per heavy atom. The minimum Gasteiger partial charge on any atom is -0.445 e. The van der Waals surface area contributed by atoms with Gasteiger partial charge >= 0.3 is 89.1 Å². The van der Waals surface area contributed by atoms with Crippen LogP contribution in [0, 0.1) is 6.92 Å². The highest BCUT2D eigenvalue weighted by molar-refractivity contribution is 6.04. The van der Waals surface area contributed by atoms with E-state index in [2.05, 4.69) is 14.7 Å². The zero-order valence-corrected chi connectivity index (χ0v) is 29.2. The molecule has 0 aliphatic heterocycles. The number of carbonyl (C=O) groups excluding carboxylic acids is 4. The molecule has 0 saturated heterocycles. The molecule has 0 unspecified atom stereocenters. The first kappa shape index (κ1) is 56.9. The lowest BCUT2D eigenvalue weighted by Crippen LogP contribution is -2.79. The smallest absolute Gasteiger partial charge is 0.445 e. The third kappa shape index (κ3) is 7.50. The lowest BCUT2D eigenvalue weighted by atomic mass is 9.82. The summed E-state index contributed by atoms with van der Waals surface area (Å²) >= 11 is 0. The number of hydrogen-bond donors (Lipinski definition) is 1. The molecule has 0 aliphatic carbocycles. The molecule has 64 heavy (non-hydrogen) atoms. The van der Waals surface area contributed by atoms with Crippen LogP contribution in [0.1, 0.15) is 28.4 Å². The largest absolute Gasteiger partial charge is 0.460 e. The van der Waals surface area contributed by atoms with E-state index in [0.29, 0.717) is 19.1 Å². The first-order valence-electron chi connectivity index (χ1n) is 14.6. The molecule has 37 heteroatoms. The second-order valence-corrected chi connectivity index (χ2v) is 12.0. The number of ether oxygens (including phenoxy) is 1. The molecule has 0 aliphatic rings. The number of hydrogen-bond acceptors (Lipinski definition) is 7. The summed E-state index contributed by atoms with van der Waals surface area (Å²) in [7, 11) is 0. The molecule has 0 radical (unpaired) electrons. The SMILES string of the molecule is CC(=O)OCNC(=O)c1c(N=C=O)c(N=C=O)cc(C)c1C(F)(F)C(F)(F)C(F)(F)C(F)(F)C(F)(F)C(F)(F)C(F)(F)C(F)(F)C(F)(F)C(F)(F)C(F)(F)C(F)(F)C(F)(F)C(F)(F)F. The van der Waals surface area contributed by atoms with Crippen LogP contribution in [0.4, 0.5) is 139 Å². The summed E-state index contributed by atoms with van der Waals surface area (Å²) in [6.45, 7) is -1.33. The number of benzene rings is 1. The van der Waals surface area contributed by atoms with Crippen LogP contribution in [-0.4, -0.2) is 108 Å². The van der Waals surface area contributed by atoms with Gasteiger partial charge in [-0.25, -0.2) is 9.59 Å². The minimum absolute atomic E-state index is 0.151. The van der Waals surface area contributed by atoms with Crippen LogP contribution in [0.5, 0.6) is 0 Å². The Balaban J connectivity index is 4.30. The van der Waals surface area contributed by atoms with Gasteiger partial charge in [0.15, 0.2) is 6.73 Å². The van der Waals surface area contributed by atoms with Gasteiger partial charge in [-0.05, 0) is 18.6 Å². The van der Waals surface area contributed by atoms with Crippen molar-refractivity contribution in [3.63, 3.8) is 0 Å². The van der Waals surface area contributed by atoms with Crippen LogP contribution < -0.4 is 5.32 Å². The second kappa shape index (κ2) is 16.1. The molecule has 1 amide bonds. The maximum Gasteiger partial charge on any atom is 0.460 e. The second-order valence-electron chi connectivity index (χ2n) is 12.0. The van der Waals surface area contributed by atoms with Gasteiger partial charge in [0.25, 0.3) is 5.91 Å². The summed E-state index contributed by atoms with van der Waals surface area (Å²) in [5, 5.41) is 1.10. The van der Waals surface area contributed by atoms with Crippen LogP contribution >= 0.6 is 0 Å². The standard InChI is InChI=1S/C27H10F29N3O5/c1-7-3-9(57-4-60)12(58-5-61)10(13(63)59-6-64-8(2)62)11(7)14(28,29)15(30,31)16(32,33)17(34,35)18(36,37)19(38,39)20(40,41)21(42,43)22(44,45)23(46,47)24(48,49)25(50,51)26(52,53)27(54,55)56/h3H,6H2,1-2H3,(H,59,63). The monoisotopic (exact) mass is 1010 g/mol. The zero-order valence-electron chi connectivity index (χ0n) is 29.2. The molecular weight excluding hydrogens is 997 g/mol. The van der Waals surface area contributed by atoms with E-state index in [9.17, 15) is 129 Å². The normalized spacial score (nSPS) is 15.0. The van der Waals surface area contributed by atoms with Gasteiger partial charge in [-0.2, -0.15) is 137 Å². The van der Waals surface area contributed by atoms with Crippen molar-refractivity contribution in [1.29, 1.82) is 0 Å². The molecular formula is C27H10F29N3O5. The molecule has 0 atom stereocenters. The Bertz CT molecular complexity index is 2080. The van der Waals surface area contributed by atoms with Gasteiger partial charge in [-0.15, -0.1) is 0 Å². The van der Waals surface area contributed by atoms with Crippen molar-refractivity contribution < 1.29 is 151 Å². The molecule has 1 aromatic rings. The topological polar surface area (TPSA) is 114 Å². The highest BCUT2D eigenvalue weighted by Gasteiger charge is 3.01. The predicted octanol–water partition coefficient (Wildman–Crippen LogP) is 10.5. The van der Waals surface area contributed by atoms with Gasteiger partial charge in [0.2, 0.25) is 12.2 Å². The molecule has 1 aromatic carbocycles. The average Bonchev–Trinajstić information content (AvgIpc) is 3.10. The van der Waals surface area contributed by atoms with E-state index in [1.54, 1.807) is 0 Å². The molecule has 366 valence electrons. The summed E-state index contributed by atoms with van der Waals surface area (Å²) in [5.41, 5.74) is -11.8. The Kier molecular flexibility index (Phi) is 14.3. The van der Waals surface area contributed by atoms with Gasteiger partial charge in [0, 0.05) is 12.5 Å². The van der Waals surface area contributed by atoms with E-state index < -0.39 is 130 Å². The number of aliphatic imine (C=N–C) groups is 2. The molecule has 0 bridgehead atoms. The number of amides is 1. The number of carbonyl (C=O) groups is 2. The van der Waals surface area contributed by atoms with Crippen molar-refractivity contribution in [2.24, 2.45) is 9.98 Å². The van der Waals surface area contributed by atoms with Gasteiger partial charge in [0.1, 0.15) is 11.4 Å². The minimum atomic E-state index is -10.1. The van der Waals surface area contributed by atoms with E-state index >= 15 is 17.6 Å². The van der Waals surface area contributed by atoms with E-state index in [1.165, 1.54) is 0 Å². The van der Waals surface area contributed by atoms with E-state index in [0.717, 1.165) is 5.32 Å². The highest BCUT2D eigenvalue weighted by Crippen LogP contribution is 2.69. The fraction of sp³-hybridized carbons (Fsp3) is 0.630. The first-order chi connectivity index (χ1) is 27.9. The Morgan fingerprint density at radius 3 is 1.09 bits per heavy atom. The predicted molar refractivity (Wildman–Crippen MR) is 140 cm³/mol. The van der Waals surface area contributed by atoms with Crippen LogP contribution in [0.15, 0.2) is 16.1 Å². The number of esters is 1. The highest BCUT2D eigenvalue weighted by atomic mass is 19.4. The summed E-state index contributed by atoms with van der Waals surface area (Å²) in [6, 6.07) is -0.357. The van der Waals surface area contributed by atoms with Crippen LogP contribution in [0.2, 0.25) is 0 Å². The summed E-state index contributed by atoms with van der Waals surface area (Å²) < 4.78 is 411. The zero-order chi connectivity index (χ0) is 51.7. The van der Waals surface area contributed by atoms with Crippen molar-refractivity contribution in [2.45, 2.75) is 97.0 Å². The summed E-state index contributed by atoms with van der Waals surface area (Å²) in [5.74, 6) is -128. The Hall–Kier alpha value is -5.11. The van der Waals surface area contributed by atoms with Gasteiger partial charge < -0.3 is 10.1 Å². The first-order valence-corrected chi connectivity index (χ1v) is 14.6. The molecule has 0 fully saturated rings. The Morgan fingerprint density at radius 1 is 0.516 bits per heavy atom. The quantitative estimate of drug-likeness (QED) is 0.0517. The maximum atomic E-state index is 15.6. The van der Waals surface area contributed by atoms with Crippen LogP contribution in [0.25, 0.3) is 0 Å². The molecule has 0 heterocycles. The lowest BCUT2D eigenvalue weighted by molar-refractivity contribution is -0.487.